The minimum Gasteiger partial charge on any atom is -0.425 e. The molecule has 0 radical (unpaired) electrons. The van der Waals surface area contributed by atoms with E-state index in [-0.39, 0.29) is 24.3 Å². The number of aliphatic hydroxyl groups excluding tert-OH is 2. The first kappa shape index (κ1) is 24.9. The number of nitrogens with one attached hydrogen (secondary N) is 2. The molecule has 0 saturated heterocycles. The molecule has 0 bridgehead atoms. The van der Waals surface area contributed by atoms with Crippen LogP contribution in [0.2, 0.25) is 0 Å². The van der Waals surface area contributed by atoms with Crippen LogP contribution in [-0.2, 0) is 19.2 Å². The lowest BCUT2D eigenvalue weighted by Crippen LogP contribution is -2.61. The number of carbonyl (C=O) groups is 4. The summed E-state index contributed by atoms with van der Waals surface area (Å²) in [6, 6.07) is 13.5. The Balaban J connectivity index is 1.64. The molecular formula is C24H26N2O8. The Morgan fingerprint density at radius 3 is 1.41 bits per heavy atom. The van der Waals surface area contributed by atoms with Gasteiger partial charge in [0.2, 0.25) is 11.8 Å². The lowest BCUT2D eigenvalue weighted by Gasteiger charge is -2.39. The van der Waals surface area contributed by atoms with Crippen molar-refractivity contribution in [3.8, 4) is 11.5 Å². The quantitative estimate of drug-likeness (QED) is 0.220. The Kier molecular flexibility index (Phi) is 8.34. The predicted octanol–water partition coefficient (Wildman–Crippen LogP) is 0.322. The van der Waals surface area contributed by atoms with E-state index in [4.69, 9.17) is 9.47 Å². The number of para-hydroxylation sites is 2. The van der Waals surface area contributed by atoms with Crippen molar-refractivity contribution >= 4 is 23.8 Å². The molecule has 0 aliphatic heterocycles. The lowest BCUT2D eigenvalue weighted by atomic mass is 9.67. The number of esters is 2. The number of amides is 2. The van der Waals surface area contributed by atoms with E-state index < -0.39 is 54.5 Å². The molecule has 10 nitrogen and oxygen atoms in total. The first-order valence-corrected chi connectivity index (χ1v) is 10.8. The van der Waals surface area contributed by atoms with E-state index in [2.05, 4.69) is 10.6 Å². The standard InChI is InChI=1S/C24H26N2O8/c27-14-18(20(29)33-16-8-3-1-4-9-16)25-22(31)24(12-7-13-24)23(32)26-19(15-28)21(30)34-17-10-5-2-6-11-17/h1-6,8-11,18-19,27-28H,7,12-15H2,(H,25,31)(H,26,32)/t18-,19-/m1/s1. The van der Waals surface area contributed by atoms with E-state index in [1.807, 2.05) is 0 Å². The molecule has 0 aromatic heterocycles. The van der Waals surface area contributed by atoms with E-state index in [0.717, 1.165) is 0 Å². The van der Waals surface area contributed by atoms with Crippen LogP contribution in [0.5, 0.6) is 11.5 Å². The van der Waals surface area contributed by atoms with E-state index in [1.54, 1.807) is 60.7 Å². The minimum absolute atomic E-state index is 0.169. The number of hydrogen-bond donors (Lipinski definition) is 4. The Morgan fingerprint density at radius 1 is 0.735 bits per heavy atom. The lowest BCUT2D eigenvalue weighted by molar-refractivity contribution is -0.155. The average molecular weight is 470 g/mol. The number of ether oxygens (including phenoxy) is 2. The van der Waals surface area contributed by atoms with Crippen LogP contribution in [0.1, 0.15) is 19.3 Å². The van der Waals surface area contributed by atoms with Crippen LogP contribution in [0.3, 0.4) is 0 Å². The van der Waals surface area contributed by atoms with Gasteiger partial charge in [-0.15, -0.1) is 0 Å². The van der Waals surface area contributed by atoms with Crippen molar-refractivity contribution in [1.29, 1.82) is 0 Å². The predicted molar refractivity (Wildman–Crippen MR) is 118 cm³/mol. The third-order valence-electron chi connectivity index (χ3n) is 5.54. The SMILES string of the molecule is O=C(Oc1ccccc1)[C@@H](CO)NC(=O)C1(C(=O)N[C@H](CO)C(=O)Oc2ccccc2)CCC1. The molecule has 0 heterocycles. The van der Waals surface area contributed by atoms with Gasteiger partial charge in [0.05, 0.1) is 13.2 Å². The molecule has 4 N–H and O–H groups in total. The molecule has 180 valence electrons. The molecule has 1 fully saturated rings. The molecule has 2 aromatic rings. The summed E-state index contributed by atoms with van der Waals surface area (Å²) in [5.74, 6) is -2.88. The van der Waals surface area contributed by atoms with Crippen molar-refractivity contribution < 1.29 is 38.9 Å². The van der Waals surface area contributed by atoms with Crippen molar-refractivity contribution in [2.75, 3.05) is 13.2 Å². The minimum atomic E-state index is -1.55. The first-order valence-electron chi connectivity index (χ1n) is 10.8. The molecule has 1 aliphatic rings. The molecule has 3 rings (SSSR count). The van der Waals surface area contributed by atoms with E-state index in [0.29, 0.717) is 6.42 Å². The summed E-state index contributed by atoms with van der Waals surface area (Å²) < 4.78 is 10.3. The zero-order chi connectivity index (χ0) is 24.6. The molecule has 2 aromatic carbocycles. The van der Waals surface area contributed by atoms with Gasteiger partial charge < -0.3 is 30.3 Å². The maximum atomic E-state index is 13.0. The van der Waals surface area contributed by atoms with Gasteiger partial charge in [0.25, 0.3) is 0 Å². The van der Waals surface area contributed by atoms with Crippen LogP contribution >= 0.6 is 0 Å². The summed E-state index contributed by atoms with van der Waals surface area (Å²) >= 11 is 0. The highest BCUT2D eigenvalue weighted by atomic mass is 16.5. The van der Waals surface area contributed by atoms with Gasteiger partial charge in [-0.3, -0.25) is 9.59 Å². The summed E-state index contributed by atoms with van der Waals surface area (Å²) in [4.78, 5) is 50.7. The van der Waals surface area contributed by atoms with Crippen molar-refractivity contribution in [3.05, 3.63) is 60.7 Å². The topological polar surface area (TPSA) is 151 Å². The summed E-state index contributed by atoms with van der Waals surface area (Å²) in [6.45, 7) is -1.48. The third kappa shape index (κ3) is 5.77. The maximum absolute atomic E-state index is 13.0. The molecule has 1 aliphatic carbocycles. The fourth-order valence-electron chi connectivity index (χ4n) is 3.39. The van der Waals surface area contributed by atoms with Gasteiger partial charge in [-0.05, 0) is 37.1 Å². The van der Waals surface area contributed by atoms with Gasteiger partial charge in [-0.2, -0.15) is 0 Å². The average Bonchev–Trinajstić information content (AvgIpc) is 2.81. The number of rotatable bonds is 10. The molecule has 34 heavy (non-hydrogen) atoms. The second-order valence-corrected chi connectivity index (χ2v) is 7.82. The number of benzene rings is 2. The Hall–Kier alpha value is -3.76. The van der Waals surface area contributed by atoms with Crippen LogP contribution in [-0.4, -0.2) is 59.3 Å². The summed E-state index contributed by atoms with van der Waals surface area (Å²) in [7, 11) is 0. The highest BCUT2D eigenvalue weighted by molar-refractivity contribution is 6.07. The normalized spacial score (nSPS) is 15.7. The molecule has 2 amide bonds. The van der Waals surface area contributed by atoms with Crippen molar-refractivity contribution in [2.24, 2.45) is 5.41 Å². The Bertz CT molecular complexity index is 931. The molecule has 0 spiro atoms. The number of hydrogen-bond acceptors (Lipinski definition) is 8. The van der Waals surface area contributed by atoms with Crippen LogP contribution in [0, 0.1) is 5.41 Å². The molecule has 10 heteroatoms. The van der Waals surface area contributed by atoms with Gasteiger partial charge in [-0.25, -0.2) is 9.59 Å². The summed E-state index contributed by atoms with van der Waals surface area (Å²) in [6.07, 6.45) is 0.905. The highest BCUT2D eigenvalue weighted by Gasteiger charge is 2.52. The summed E-state index contributed by atoms with van der Waals surface area (Å²) in [5, 5.41) is 23.9. The molecule has 1 saturated carbocycles. The van der Waals surface area contributed by atoms with Gasteiger partial charge >= 0.3 is 11.9 Å². The van der Waals surface area contributed by atoms with E-state index in [1.165, 1.54) is 0 Å². The summed E-state index contributed by atoms with van der Waals surface area (Å²) in [5.41, 5.74) is -1.55. The fourth-order valence-corrected chi connectivity index (χ4v) is 3.39. The van der Waals surface area contributed by atoms with Crippen LogP contribution in [0.25, 0.3) is 0 Å². The number of carbonyl (C=O) groups excluding carboxylic acids is 4. The Morgan fingerprint density at radius 2 is 1.12 bits per heavy atom. The molecular weight excluding hydrogens is 444 g/mol. The second-order valence-electron chi connectivity index (χ2n) is 7.82. The number of aliphatic hydroxyl groups is 2. The molecule has 0 unspecified atom stereocenters. The largest absolute Gasteiger partial charge is 0.425 e. The van der Waals surface area contributed by atoms with Crippen molar-refractivity contribution in [3.63, 3.8) is 0 Å². The van der Waals surface area contributed by atoms with Crippen LogP contribution in [0.15, 0.2) is 60.7 Å². The van der Waals surface area contributed by atoms with Crippen molar-refractivity contribution in [1.82, 2.24) is 10.6 Å². The third-order valence-corrected chi connectivity index (χ3v) is 5.54. The first-order chi connectivity index (χ1) is 16.4. The van der Waals surface area contributed by atoms with Gasteiger partial charge in [0, 0.05) is 0 Å². The fraction of sp³-hybridized carbons (Fsp3) is 0.333. The van der Waals surface area contributed by atoms with E-state index >= 15 is 0 Å². The van der Waals surface area contributed by atoms with E-state index in [9.17, 15) is 29.4 Å². The second kappa shape index (κ2) is 11.4. The zero-order valence-electron chi connectivity index (χ0n) is 18.3. The smallest absolute Gasteiger partial charge is 0.336 e. The maximum Gasteiger partial charge on any atom is 0.336 e. The monoisotopic (exact) mass is 470 g/mol. The van der Waals surface area contributed by atoms with Crippen LogP contribution < -0.4 is 20.1 Å². The molecule has 2 atom stereocenters. The Labute approximate surface area is 195 Å². The van der Waals surface area contributed by atoms with Gasteiger partial charge in [0.15, 0.2) is 12.1 Å². The van der Waals surface area contributed by atoms with Gasteiger partial charge in [0.1, 0.15) is 16.9 Å². The zero-order valence-corrected chi connectivity index (χ0v) is 18.3. The highest BCUT2D eigenvalue weighted by Crippen LogP contribution is 2.41. The van der Waals surface area contributed by atoms with Gasteiger partial charge in [-0.1, -0.05) is 42.8 Å². The van der Waals surface area contributed by atoms with Crippen molar-refractivity contribution in [2.45, 2.75) is 31.3 Å². The van der Waals surface area contributed by atoms with Crippen LogP contribution in [0.4, 0.5) is 0 Å².